The molecule has 1 atom stereocenters. The molecule has 6 nitrogen and oxygen atoms in total. The van der Waals surface area contributed by atoms with Crippen LogP contribution in [-0.2, 0) is 4.79 Å². The average Bonchev–Trinajstić information content (AvgIpc) is 3.12. The smallest absolute Gasteiger partial charge is 0.242 e. The predicted octanol–water partition coefficient (Wildman–Crippen LogP) is 1.87. The second-order valence-electron chi connectivity index (χ2n) is 4.16. The van der Waals surface area contributed by atoms with Gasteiger partial charge in [0.05, 0.1) is 10.2 Å². The number of rotatable bonds is 3. The van der Waals surface area contributed by atoms with E-state index in [0.29, 0.717) is 15.3 Å². The van der Waals surface area contributed by atoms with Gasteiger partial charge in [0.1, 0.15) is 11.8 Å². The molecule has 1 aromatic carbocycles. The van der Waals surface area contributed by atoms with Crippen LogP contribution in [0.15, 0.2) is 33.6 Å². The normalized spacial score (nSPS) is 17.8. The minimum atomic E-state index is -0.435. The molecule has 0 aliphatic carbocycles. The number of amidine groups is 1. The van der Waals surface area contributed by atoms with E-state index in [9.17, 15) is 4.79 Å². The first-order valence-electron chi connectivity index (χ1n) is 6.01. The summed E-state index contributed by atoms with van der Waals surface area (Å²) < 4.78 is 1.68. The molecule has 1 aliphatic rings. The third-order valence-corrected chi connectivity index (χ3v) is 5.76. The summed E-state index contributed by atoms with van der Waals surface area (Å²) in [6.07, 6.45) is 0. The van der Waals surface area contributed by atoms with Crippen LogP contribution in [0.2, 0.25) is 0 Å². The van der Waals surface area contributed by atoms with Gasteiger partial charge >= 0.3 is 0 Å². The van der Waals surface area contributed by atoms with Crippen molar-refractivity contribution in [3.63, 3.8) is 0 Å². The number of nitrogens with one attached hydrogen (secondary N) is 2. The molecule has 9 heteroatoms. The molecule has 0 amide bonds. The molecule has 3 rings (SSSR count). The summed E-state index contributed by atoms with van der Waals surface area (Å²) >= 11 is 3.84. The Kier molecular flexibility index (Phi) is 4.24. The van der Waals surface area contributed by atoms with E-state index in [-0.39, 0.29) is 10.8 Å². The lowest BCUT2D eigenvalue weighted by Crippen LogP contribution is -2.27. The van der Waals surface area contributed by atoms with E-state index in [1.54, 1.807) is 0 Å². The van der Waals surface area contributed by atoms with Crippen LogP contribution in [0.5, 0.6) is 0 Å². The van der Waals surface area contributed by atoms with E-state index in [2.05, 4.69) is 15.4 Å². The van der Waals surface area contributed by atoms with Crippen molar-refractivity contribution in [2.24, 2.45) is 10.8 Å². The molecule has 1 aromatic heterocycles. The molecular formula is C12H11N5OS3. The van der Waals surface area contributed by atoms with Gasteiger partial charge in [-0.05, 0) is 23.9 Å². The molecule has 0 bridgehead atoms. The lowest BCUT2D eigenvalue weighted by molar-refractivity contribution is -0.105. The van der Waals surface area contributed by atoms with Gasteiger partial charge in [0.2, 0.25) is 5.12 Å². The highest BCUT2D eigenvalue weighted by Crippen LogP contribution is 2.30. The number of aromatic nitrogens is 1. The largest absolute Gasteiger partial charge is 0.303 e. The Morgan fingerprint density at radius 3 is 3.00 bits per heavy atom. The fraction of sp³-hybridized carbons (Fsp3) is 0.167. The molecule has 21 heavy (non-hydrogen) atoms. The van der Waals surface area contributed by atoms with Crippen LogP contribution in [0.25, 0.3) is 10.2 Å². The quantitative estimate of drug-likeness (QED) is 0.342. The molecular weight excluding hydrogens is 326 g/mol. The third kappa shape index (κ3) is 3.10. The van der Waals surface area contributed by atoms with Crippen LogP contribution in [0.1, 0.15) is 0 Å². The van der Waals surface area contributed by atoms with Crippen molar-refractivity contribution < 1.29 is 4.79 Å². The number of benzene rings is 1. The average molecular weight is 337 g/mol. The maximum Gasteiger partial charge on any atom is 0.242 e. The second kappa shape index (κ2) is 6.14. The third-order valence-electron chi connectivity index (χ3n) is 2.78. The van der Waals surface area contributed by atoms with E-state index < -0.39 is 6.04 Å². The Hall–Kier alpha value is -1.42. The van der Waals surface area contributed by atoms with Gasteiger partial charge in [0, 0.05) is 5.75 Å². The number of thioether (sulfide) groups is 2. The maximum atomic E-state index is 12.1. The number of hydrogen-bond acceptors (Lipinski definition) is 9. The lowest BCUT2D eigenvalue weighted by Gasteiger charge is -2.04. The Labute approximate surface area is 133 Å². The Balaban J connectivity index is 1.71. The summed E-state index contributed by atoms with van der Waals surface area (Å²) in [6, 6.07) is 7.28. The summed E-state index contributed by atoms with van der Waals surface area (Å²) in [5.41, 5.74) is 3.30. The van der Waals surface area contributed by atoms with E-state index in [0.717, 1.165) is 22.0 Å². The number of nitrogens with two attached hydrogens (primary N) is 1. The number of thiazole rings is 1. The number of hydrogen-bond donors (Lipinski definition) is 3. The minimum absolute atomic E-state index is 0.0167. The van der Waals surface area contributed by atoms with Crippen LogP contribution in [0.4, 0.5) is 0 Å². The Morgan fingerprint density at radius 1 is 1.48 bits per heavy atom. The first-order chi connectivity index (χ1) is 10.2. The van der Waals surface area contributed by atoms with Crippen molar-refractivity contribution in [2.45, 2.75) is 10.4 Å². The van der Waals surface area contributed by atoms with Crippen LogP contribution < -0.4 is 11.3 Å². The zero-order chi connectivity index (χ0) is 14.8. The van der Waals surface area contributed by atoms with Crippen molar-refractivity contribution in [2.75, 3.05) is 5.75 Å². The molecule has 0 unspecified atom stereocenters. The molecule has 1 aliphatic heterocycles. The topological polar surface area (TPSA) is 104 Å². The predicted molar refractivity (Wildman–Crippen MR) is 89.2 cm³/mol. The summed E-state index contributed by atoms with van der Waals surface area (Å²) in [4.78, 5) is 20.7. The van der Waals surface area contributed by atoms with Crippen LogP contribution >= 0.6 is 34.9 Å². The zero-order valence-corrected chi connectivity index (χ0v) is 13.1. The van der Waals surface area contributed by atoms with Crippen LogP contribution in [-0.4, -0.2) is 32.8 Å². The Morgan fingerprint density at radius 2 is 2.29 bits per heavy atom. The minimum Gasteiger partial charge on any atom is -0.303 e. The standard InChI is InChI=1S/C12H11N5OS3/c13-9(7-5-19-11(15-7)17-14)10(18)21-12-16-6-3-1-2-4-8(6)20-12/h1-4,7,13H,5,14H2,(H,15,17)/t7-/m1/s1. The van der Waals surface area contributed by atoms with Crippen molar-refractivity contribution in [3.8, 4) is 0 Å². The van der Waals surface area contributed by atoms with Gasteiger partial charge < -0.3 is 5.43 Å². The van der Waals surface area contributed by atoms with Gasteiger partial charge in [-0.2, -0.15) is 0 Å². The van der Waals surface area contributed by atoms with E-state index in [1.807, 2.05) is 24.3 Å². The van der Waals surface area contributed by atoms with Gasteiger partial charge in [0.15, 0.2) is 9.51 Å². The highest BCUT2D eigenvalue weighted by atomic mass is 32.2. The number of hydrazine groups is 1. The monoisotopic (exact) mass is 337 g/mol. The van der Waals surface area contributed by atoms with Crippen LogP contribution in [0, 0.1) is 5.41 Å². The zero-order valence-electron chi connectivity index (χ0n) is 10.7. The van der Waals surface area contributed by atoms with Gasteiger partial charge in [-0.15, -0.1) is 11.3 Å². The molecule has 4 N–H and O–H groups in total. The maximum absolute atomic E-state index is 12.1. The molecule has 2 aromatic rings. The van der Waals surface area contributed by atoms with E-state index >= 15 is 0 Å². The van der Waals surface area contributed by atoms with E-state index in [4.69, 9.17) is 11.3 Å². The van der Waals surface area contributed by atoms with Crippen molar-refractivity contribution >= 4 is 61.1 Å². The van der Waals surface area contributed by atoms with E-state index in [1.165, 1.54) is 23.1 Å². The van der Waals surface area contributed by atoms with Crippen molar-refractivity contribution in [1.82, 2.24) is 10.4 Å². The molecule has 108 valence electrons. The number of para-hydroxylation sites is 1. The molecule has 0 radical (unpaired) electrons. The van der Waals surface area contributed by atoms with Gasteiger partial charge in [-0.1, -0.05) is 23.9 Å². The molecule has 0 spiro atoms. The number of fused-ring (bicyclic) bond motifs is 1. The summed E-state index contributed by atoms with van der Waals surface area (Å²) in [5.74, 6) is 5.83. The number of carbonyl (C=O) groups is 1. The highest BCUT2D eigenvalue weighted by Gasteiger charge is 2.27. The van der Waals surface area contributed by atoms with Crippen molar-refractivity contribution in [1.29, 1.82) is 5.41 Å². The summed E-state index contributed by atoms with van der Waals surface area (Å²) in [6.45, 7) is 0. The first-order valence-corrected chi connectivity index (χ1v) is 8.62. The summed E-state index contributed by atoms with van der Waals surface area (Å²) in [7, 11) is 0. The van der Waals surface area contributed by atoms with Crippen LogP contribution in [0.3, 0.4) is 0 Å². The van der Waals surface area contributed by atoms with Gasteiger partial charge in [-0.3, -0.25) is 15.2 Å². The fourth-order valence-electron chi connectivity index (χ4n) is 1.77. The first kappa shape index (κ1) is 14.5. The molecule has 0 saturated carbocycles. The van der Waals surface area contributed by atoms with Crippen molar-refractivity contribution in [3.05, 3.63) is 24.3 Å². The second-order valence-corrected chi connectivity index (χ2v) is 7.42. The molecule has 0 saturated heterocycles. The lowest BCUT2D eigenvalue weighted by atomic mass is 10.2. The Bertz CT molecular complexity index is 708. The van der Waals surface area contributed by atoms with Gasteiger partial charge in [-0.25, -0.2) is 10.8 Å². The summed E-state index contributed by atoms with van der Waals surface area (Å²) in [5, 5.41) is 8.20. The number of carbonyl (C=O) groups excluding carboxylic acids is 1. The van der Waals surface area contributed by atoms with Gasteiger partial charge in [0.25, 0.3) is 0 Å². The number of aliphatic imine (C=N–C) groups is 1. The number of nitrogens with zero attached hydrogens (tertiary/aromatic N) is 2. The SMILES string of the molecule is N=C(C(=O)Sc1nc2ccccc2s1)[C@H]1CSC(NN)=N1. The molecule has 0 fully saturated rings. The molecule has 2 heterocycles. The highest BCUT2D eigenvalue weighted by molar-refractivity contribution is 8.16. The fourth-order valence-corrected chi connectivity index (χ4v) is 4.52.